The molecular formula is C17H16FN3O3S. The summed E-state index contributed by atoms with van der Waals surface area (Å²) in [5.74, 6) is 0.463. The van der Waals surface area contributed by atoms with E-state index in [0.29, 0.717) is 22.5 Å². The van der Waals surface area contributed by atoms with Crippen LogP contribution in [0.5, 0.6) is 0 Å². The molecule has 0 radical (unpaired) electrons. The van der Waals surface area contributed by atoms with E-state index in [1.54, 1.807) is 12.1 Å². The Hall–Kier alpha value is -2.61. The van der Waals surface area contributed by atoms with Crippen LogP contribution in [-0.4, -0.2) is 21.1 Å². The zero-order valence-electron chi connectivity index (χ0n) is 13.8. The highest BCUT2D eigenvalue weighted by molar-refractivity contribution is 7.18. The average Bonchev–Trinajstić information content (AvgIpc) is 2.86. The molecule has 1 aromatic carbocycles. The normalized spacial score (nSPS) is 11.2. The van der Waals surface area contributed by atoms with Gasteiger partial charge in [-0.3, -0.25) is 19.5 Å². The smallest absolute Gasteiger partial charge is 0.269 e. The fourth-order valence-electron chi connectivity index (χ4n) is 2.74. The zero-order chi connectivity index (χ0) is 18.1. The molecule has 25 heavy (non-hydrogen) atoms. The van der Waals surface area contributed by atoms with Crippen LogP contribution >= 0.6 is 11.3 Å². The Bertz CT molecular complexity index is 1010. The number of fused-ring (bicyclic) bond motifs is 1. The maximum atomic E-state index is 13.0. The Balaban J connectivity index is 2.09. The van der Waals surface area contributed by atoms with Crippen LogP contribution in [0.2, 0.25) is 0 Å². The molecule has 3 rings (SSSR count). The van der Waals surface area contributed by atoms with Gasteiger partial charge in [-0.15, -0.1) is 11.3 Å². The third-order valence-electron chi connectivity index (χ3n) is 4.19. The van der Waals surface area contributed by atoms with Crippen molar-refractivity contribution in [2.75, 3.05) is 6.67 Å². The van der Waals surface area contributed by atoms with Gasteiger partial charge in [-0.2, -0.15) is 0 Å². The van der Waals surface area contributed by atoms with Crippen molar-refractivity contribution in [2.24, 2.45) is 0 Å². The first-order valence-electron chi connectivity index (χ1n) is 7.71. The molecule has 0 spiro atoms. The molecule has 2 heterocycles. The number of non-ortho nitro benzene ring substituents is 1. The molecule has 0 N–H and O–H groups in total. The minimum absolute atomic E-state index is 0.00202. The van der Waals surface area contributed by atoms with Crippen LogP contribution in [0.1, 0.15) is 21.8 Å². The Morgan fingerprint density at radius 3 is 2.56 bits per heavy atom. The van der Waals surface area contributed by atoms with Crippen molar-refractivity contribution in [2.45, 2.75) is 26.8 Å². The lowest BCUT2D eigenvalue weighted by Gasteiger charge is -2.11. The van der Waals surface area contributed by atoms with E-state index in [2.05, 4.69) is 4.98 Å². The number of nitro groups is 1. The molecule has 2 aromatic heterocycles. The molecule has 0 saturated heterocycles. The molecule has 0 aliphatic carbocycles. The quantitative estimate of drug-likeness (QED) is 0.514. The highest BCUT2D eigenvalue weighted by atomic mass is 32.1. The van der Waals surface area contributed by atoms with E-state index in [4.69, 9.17) is 0 Å². The number of nitrogens with zero attached hydrogens (tertiary/aromatic N) is 3. The van der Waals surface area contributed by atoms with Crippen LogP contribution in [-0.2, 0) is 13.0 Å². The number of nitro benzene ring substituents is 1. The largest absolute Gasteiger partial charge is 0.293 e. The second-order valence-electron chi connectivity index (χ2n) is 5.74. The SMILES string of the molecule is Cc1sc2nc(Cc3ccc([N+](=O)[O-])cc3)n(CCF)c(=O)c2c1C. The van der Waals surface area contributed by atoms with Crippen molar-refractivity contribution in [3.05, 3.63) is 66.6 Å². The van der Waals surface area contributed by atoms with Crippen LogP contribution in [0.25, 0.3) is 10.2 Å². The summed E-state index contributed by atoms with van der Waals surface area (Å²) < 4.78 is 14.3. The molecule has 0 atom stereocenters. The van der Waals surface area contributed by atoms with Crippen LogP contribution in [0.4, 0.5) is 10.1 Å². The van der Waals surface area contributed by atoms with Crippen LogP contribution in [0.15, 0.2) is 29.1 Å². The molecule has 6 nitrogen and oxygen atoms in total. The van der Waals surface area contributed by atoms with Crippen molar-refractivity contribution >= 4 is 27.2 Å². The maximum Gasteiger partial charge on any atom is 0.269 e. The number of benzene rings is 1. The van der Waals surface area contributed by atoms with E-state index in [1.807, 2.05) is 13.8 Å². The monoisotopic (exact) mass is 361 g/mol. The van der Waals surface area contributed by atoms with Crippen molar-refractivity contribution in [1.82, 2.24) is 9.55 Å². The van der Waals surface area contributed by atoms with E-state index in [9.17, 15) is 19.3 Å². The first-order valence-corrected chi connectivity index (χ1v) is 8.52. The van der Waals surface area contributed by atoms with Gasteiger partial charge < -0.3 is 0 Å². The summed E-state index contributed by atoms with van der Waals surface area (Å²) in [6.45, 7) is 3.07. The van der Waals surface area contributed by atoms with Crippen molar-refractivity contribution in [1.29, 1.82) is 0 Å². The molecule has 0 unspecified atom stereocenters. The van der Waals surface area contributed by atoms with Gasteiger partial charge in [0.2, 0.25) is 0 Å². The van der Waals surface area contributed by atoms with Gasteiger partial charge in [0.15, 0.2) is 0 Å². The molecule has 0 bridgehead atoms. The van der Waals surface area contributed by atoms with Crippen LogP contribution < -0.4 is 5.56 Å². The standard InChI is InChI=1S/C17H16FN3O3S/c1-10-11(2)25-16-15(10)17(22)20(8-7-18)14(19-16)9-12-3-5-13(6-4-12)21(23)24/h3-6H,7-9H2,1-2H3. The van der Waals surface area contributed by atoms with Gasteiger partial charge in [0.05, 0.1) is 16.9 Å². The Labute approximate surface area is 146 Å². The molecule has 8 heteroatoms. The number of hydrogen-bond acceptors (Lipinski definition) is 5. The molecule has 0 saturated carbocycles. The third kappa shape index (κ3) is 3.17. The summed E-state index contributed by atoms with van der Waals surface area (Å²) in [6.07, 6.45) is 0.305. The number of aryl methyl sites for hydroxylation is 2. The predicted octanol–water partition coefficient (Wildman–Crippen LogP) is 3.54. The van der Waals surface area contributed by atoms with Crippen LogP contribution in [0, 0.1) is 24.0 Å². The second kappa shape index (κ2) is 6.72. The highest BCUT2D eigenvalue weighted by Crippen LogP contribution is 2.26. The predicted molar refractivity (Wildman–Crippen MR) is 95.2 cm³/mol. The van der Waals surface area contributed by atoms with Gasteiger partial charge in [0, 0.05) is 23.4 Å². The molecule has 0 aliphatic heterocycles. The number of rotatable bonds is 5. The average molecular weight is 361 g/mol. The van der Waals surface area contributed by atoms with E-state index in [0.717, 1.165) is 16.0 Å². The summed E-state index contributed by atoms with van der Waals surface area (Å²) in [5, 5.41) is 11.3. The summed E-state index contributed by atoms with van der Waals surface area (Å²) in [6, 6.07) is 6.06. The van der Waals surface area contributed by atoms with Gasteiger partial charge in [-0.1, -0.05) is 12.1 Å². The molecule has 130 valence electrons. The fraction of sp³-hybridized carbons (Fsp3) is 0.294. The highest BCUT2D eigenvalue weighted by Gasteiger charge is 2.17. The van der Waals surface area contributed by atoms with Gasteiger partial charge in [0.1, 0.15) is 17.3 Å². The summed E-state index contributed by atoms with van der Waals surface area (Å²) in [4.78, 5) is 29.3. The summed E-state index contributed by atoms with van der Waals surface area (Å²) >= 11 is 1.44. The summed E-state index contributed by atoms with van der Waals surface area (Å²) in [7, 11) is 0. The third-order valence-corrected chi connectivity index (χ3v) is 5.29. The summed E-state index contributed by atoms with van der Waals surface area (Å²) in [5.41, 5.74) is 1.42. The van der Waals surface area contributed by atoms with E-state index >= 15 is 0 Å². The number of halogens is 1. The number of aromatic nitrogens is 2. The van der Waals surface area contributed by atoms with Gasteiger partial charge in [-0.25, -0.2) is 9.37 Å². The Morgan fingerprint density at radius 1 is 1.28 bits per heavy atom. The lowest BCUT2D eigenvalue weighted by Crippen LogP contribution is -2.26. The number of thiophene rings is 1. The first-order chi connectivity index (χ1) is 11.9. The molecule has 0 aliphatic rings. The minimum atomic E-state index is -0.664. The van der Waals surface area contributed by atoms with E-state index in [-0.39, 0.29) is 17.8 Å². The molecule has 0 amide bonds. The number of alkyl halides is 1. The van der Waals surface area contributed by atoms with Crippen LogP contribution in [0.3, 0.4) is 0 Å². The Kier molecular flexibility index (Phi) is 4.63. The Morgan fingerprint density at radius 2 is 1.96 bits per heavy atom. The van der Waals surface area contributed by atoms with Gasteiger partial charge in [-0.05, 0) is 25.0 Å². The van der Waals surface area contributed by atoms with Gasteiger partial charge in [0.25, 0.3) is 11.2 Å². The number of hydrogen-bond donors (Lipinski definition) is 0. The fourth-order valence-corrected chi connectivity index (χ4v) is 3.78. The first kappa shape index (κ1) is 17.2. The van der Waals surface area contributed by atoms with E-state index in [1.165, 1.54) is 28.0 Å². The minimum Gasteiger partial charge on any atom is -0.293 e. The molecular weight excluding hydrogens is 345 g/mol. The topological polar surface area (TPSA) is 78.0 Å². The molecule has 3 aromatic rings. The van der Waals surface area contributed by atoms with E-state index < -0.39 is 11.6 Å². The maximum absolute atomic E-state index is 13.0. The zero-order valence-corrected chi connectivity index (χ0v) is 14.6. The van der Waals surface area contributed by atoms with Crippen molar-refractivity contribution < 1.29 is 9.31 Å². The van der Waals surface area contributed by atoms with Crippen molar-refractivity contribution in [3.8, 4) is 0 Å². The molecule has 0 fully saturated rings. The lowest BCUT2D eigenvalue weighted by molar-refractivity contribution is -0.384. The second-order valence-corrected chi connectivity index (χ2v) is 6.94. The van der Waals surface area contributed by atoms with Crippen molar-refractivity contribution in [3.63, 3.8) is 0 Å². The lowest BCUT2D eigenvalue weighted by atomic mass is 10.1. The van der Waals surface area contributed by atoms with Gasteiger partial charge >= 0.3 is 0 Å².